The van der Waals surface area contributed by atoms with Crippen molar-refractivity contribution in [3.63, 3.8) is 0 Å². The van der Waals surface area contributed by atoms with Gasteiger partial charge in [-0.1, -0.05) is 76.2 Å². The van der Waals surface area contributed by atoms with Crippen LogP contribution in [-0.4, -0.2) is 0 Å². The molecule has 0 radical (unpaired) electrons. The average Bonchev–Trinajstić information content (AvgIpc) is 3.07. The van der Waals surface area contributed by atoms with E-state index in [-0.39, 0.29) is 0 Å². The Labute approximate surface area is 182 Å². The Morgan fingerprint density at radius 3 is 1.73 bits per heavy atom. The summed E-state index contributed by atoms with van der Waals surface area (Å²) in [6, 6.07) is 18.9. The summed E-state index contributed by atoms with van der Waals surface area (Å²) in [5.41, 5.74) is 16.6. The molecular weight excluding hydrogens is 360 g/mol. The maximum atomic E-state index is 2.45. The Morgan fingerprint density at radius 1 is 0.467 bits per heavy atom. The molecule has 0 saturated heterocycles. The van der Waals surface area contributed by atoms with Gasteiger partial charge in [0.25, 0.3) is 0 Å². The van der Waals surface area contributed by atoms with Gasteiger partial charge in [-0.3, -0.25) is 0 Å². The first-order chi connectivity index (χ1) is 14.2. The van der Waals surface area contributed by atoms with E-state index in [1.807, 2.05) is 0 Å². The minimum Gasteiger partial charge on any atom is -0.0587 e. The number of hydrogen-bond donors (Lipinski definition) is 0. The van der Waals surface area contributed by atoms with E-state index in [9.17, 15) is 0 Å². The smallest absolute Gasteiger partial charge is 0.00731 e. The minimum absolute atomic E-state index is 0.486. The highest BCUT2D eigenvalue weighted by atomic mass is 14.3. The van der Waals surface area contributed by atoms with E-state index in [4.69, 9.17) is 0 Å². The van der Waals surface area contributed by atoms with E-state index in [0.717, 1.165) is 0 Å². The van der Waals surface area contributed by atoms with E-state index >= 15 is 0 Å². The fraction of sp³-hybridized carbons (Fsp3) is 0.333. The van der Waals surface area contributed by atoms with Gasteiger partial charge in [0, 0.05) is 0 Å². The summed E-state index contributed by atoms with van der Waals surface area (Å²) in [4.78, 5) is 0. The van der Waals surface area contributed by atoms with Gasteiger partial charge in [-0.15, -0.1) is 0 Å². The Morgan fingerprint density at radius 2 is 1.07 bits per heavy atom. The third-order valence-electron chi connectivity index (χ3n) is 6.82. The Kier molecular flexibility index (Phi) is 5.22. The molecule has 154 valence electrons. The molecule has 0 unspecified atom stereocenters. The SMILES string of the molecule is Cc1ccc2c(C)c(-c3cc(C)c4cc(C(C)C)ccc(C)c3-4)cc(C(C)C)cc1-2. The molecule has 0 aliphatic heterocycles. The highest BCUT2D eigenvalue weighted by Gasteiger charge is 2.21. The third-order valence-corrected chi connectivity index (χ3v) is 6.82. The second-order valence-corrected chi connectivity index (χ2v) is 9.67. The third kappa shape index (κ3) is 3.33. The van der Waals surface area contributed by atoms with Crippen LogP contribution >= 0.6 is 0 Å². The van der Waals surface area contributed by atoms with Gasteiger partial charge in [0.2, 0.25) is 0 Å². The van der Waals surface area contributed by atoms with Gasteiger partial charge in [-0.2, -0.15) is 0 Å². The zero-order valence-corrected chi connectivity index (χ0v) is 19.8. The summed E-state index contributed by atoms with van der Waals surface area (Å²) in [6.07, 6.45) is 0. The predicted molar refractivity (Wildman–Crippen MR) is 132 cm³/mol. The number of aryl methyl sites for hydroxylation is 3. The highest BCUT2D eigenvalue weighted by Crippen LogP contribution is 2.45. The van der Waals surface area contributed by atoms with Crippen LogP contribution in [0.3, 0.4) is 0 Å². The fourth-order valence-electron chi connectivity index (χ4n) is 4.77. The molecule has 4 rings (SSSR count). The maximum absolute atomic E-state index is 2.45. The van der Waals surface area contributed by atoms with Crippen LogP contribution < -0.4 is 0 Å². The summed E-state index contributed by atoms with van der Waals surface area (Å²) in [5.74, 6) is 1.01. The summed E-state index contributed by atoms with van der Waals surface area (Å²) >= 11 is 0. The second kappa shape index (κ2) is 7.58. The van der Waals surface area contributed by atoms with Crippen LogP contribution in [0.5, 0.6) is 0 Å². The van der Waals surface area contributed by atoms with Gasteiger partial charge in [0.15, 0.2) is 0 Å². The molecule has 0 aromatic heterocycles. The Balaban J connectivity index is 2.08. The lowest BCUT2D eigenvalue weighted by molar-refractivity contribution is 0.868. The molecule has 0 atom stereocenters. The van der Waals surface area contributed by atoms with Crippen molar-refractivity contribution >= 4 is 0 Å². The largest absolute Gasteiger partial charge is 0.0587 e. The van der Waals surface area contributed by atoms with E-state index in [0.29, 0.717) is 11.8 Å². The van der Waals surface area contributed by atoms with Crippen molar-refractivity contribution in [1.82, 2.24) is 0 Å². The molecule has 0 aromatic carbocycles. The van der Waals surface area contributed by atoms with Crippen LogP contribution in [0.4, 0.5) is 0 Å². The zero-order chi connectivity index (χ0) is 21.7. The summed E-state index contributed by atoms with van der Waals surface area (Å²) < 4.78 is 0. The zero-order valence-electron chi connectivity index (χ0n) is 19.8. The molecule has 0 fully saturated rings. The topological polar surface area (TPSA) is 0 Å². The van der Waals surface area contributed by atoms with E-state index in [2.05, 4.69) is 104 Å². The Bertz CT molecular complexity index is 1170. The van der Waals surface area contributed by atoms with Gasteiger partial charge in [-0.25, -0.2) is 0 Å². The molecule has 0 spiro atoms. The minimum atomic E-state index is 0.486. The molecule has 30 heavy (non-hydrogen) atoms. The number of fused-ring (bicyclic) bond motifs is 2. The maximum Gasteiger partial charge on any atom is -0.00731 e. The lowest BCUT2D eigenvalue weighted by Gasteiger charge is -2.10. The van der Waals surface area contributed by atoms with E-state index in [1.165, 1.54) is 66.8 Å². The molecule has 0 N–H and O–H groups in total. The van der Waals surface area contributed by atoms with Crippen molar-refractivity contribution in [2.75, 3.05) is 0 Å². The molecule has 0 heteroatoms. The number of rotatable bonds is 3. The quantitative estimate of drug-likeness (QED) is 0.325. The first kappa shape index (κ1) is 20.7. The monoisotopic (exact) mass is 394 g/mol. The number of hydrogen-bond acceptors (Lipinski definition) is 0. The highest BCUT2D eigenvalue weighted by molar-refractivity contribution is 5.94. The molecule has 0 amide bonds. The summed E-state index contributed by atoms with van der Waals surface area (Å²) in [7, 11) is 0. The summed E-state index contributed by atoms with van der Waals surface area (Å²) in [6.45, 7) is 18.2. The van der Waals surface area contributed by atoms with E-state index < -0.39 is 0 Å². The van der Waals surface area contributed by atoms with Gasteiger partial charge in [-0.05, 0) is 106 Å². The van der Waals surface area contributed by atoms with Crippen molar-refractivity contribution < 1.29 is 0 Å². The van der Waals surface area contributed by atoms with Crippen molar-refractivity contribution in [2.45, 2.75) is 67.2 Å². The van der Waals surface area contributed by atoms with E-state index in [1.54, 1.807) is 0 Å². The van der Waals surface area contributed by atoms with Crippen LogP contribution in [-0.2, 0) is 0 Å². The van der Waals surface area contributed by atoms with Gasteiger partial charge in [0.1, 0.15) is 0 Å². The molecule has 4 aliphatic rings. The average molecular weight is 395 g/mol. The van der Waals surface area contributed by atoms with Crippen molar-refractivity contribution in [3.8, 4) is 33.4 Å². The molecule has 4 aliphatic carbocycles. The summed E-state index contributed by atoms with van der Waals surface area (Å²) in [5, 5.41) is 0. The van der Waals surface area contributed by atoms with Crippen LogP contribution in [0.1, 0.15) is 72.9 Å². The van der Waals surface area contributed by atoms with Gasteiger partial charge >= 0.3 is 0 Å². The lowest BCUT2D eigenvalue weighted by Crippen LogP contribution is -1.87. The molecule has 0 aromatic rings. The van der Waals surface area contributed by atoms with Crippen molar-refractivity contribution in [3.05, 3.63) is 81.9 Å². The van der Waals surface area contributed by atoms with Crippen LogP contribution in [0.15, 0.2) is 48.5 Å². The first-order valence-corrected chi connectivity index (χ1v) is 11.3. The van der Waals surface area contributed by atoms with Crippen LogP contribution in [0, 0.1) is 27.7 Å². The molecule has 0 saturated carbocycles. The molecule has 0 heterocycles. The fourth-order valence-corrected chi connectivity index (χ4v) is 4.77. The Hall–Kier alpha value is -2.60. The first-order valence-electron chi connectivity index (χ1n) is 11.3. The molecular formula is C30H34. The lowest BCUT2D eigenvalue weighted by atomic mass is 9.94. The second-order valence-electron chi connectivity index (χ2n) is 9.67. The normalized spacial score (nSPS) is 11.9. The van der Waals surface area contributed by atoms with Gasteiger partial charge in [0.05, 0.1) is 0 Å². The van der Waals surface area contributed by atoms with Gasteiger partial charge < -0.3 is 0 Å². The molecule has 0 nitrogen and oxygen atoms in total. The van der Waals surface area contributed by atoms with Crippen molar-refractivity contribution in [1.29, 1.82) is 0 Å². The standard InChI is InChI=1S/C30H34/c1-17(2)23-11-9-20(6)30-27(14-23)21(7)13-29(30)28-16-24(18(3)4)15-26-19(5)10-12-25(26)22(28)8/h9-18H,1-8H3. The predicted octanol–water partition coefficient (Wildman–Crippen LogP) is 9.04. The van der Waals surface area contributed by atoms with Crippen molar-refractivity contribution in [2.24, 2.45) is 0 Å². The van der Waals surface area contributed by atoms with Crippen LogP contribution in [0.2, 0.25) is 0 Å². The van der Waals surface area contributed by atoms with Crippen LogP contribution in [0.25, 0.3) is 33.4 Å². The molecule has 0 bridgehead atoms.